The quantitative estimate of drug-likeness (QED) is 0.388. The minimum atomic E-state index is 0.700. The average molecular weight is 390 g/mol. The van der Waals surface area contributed by atoms with Gasteiger partial charge in [-0.2, -0.15) is 0 Å². The van der Waals surface area contributed by atoms with Crippen LogP contribution in [0.2, 0.25) is 0 Å². The summed E-state index contributed by atoms with van der Waals surface area (Å²) in [5.41, 5.74) is 7.12. The van der Waals surface area contributed by atoms with Gasteiger partial charge in [0, 0.05) is 11.1 Å². The van der Waals surface area contributed by atoms with E-state index in [1.54, 1.807) is 0 Å². The van der Waals surface area contributed by atoms with E-state index in [0.29, 0.717) is 6.54 Å². The second kappa shape index (κ2) is 7.56. The van der Waals surface area contributed by atoms with Crippen molar-refractivity contribution in [1.82, 2.24) is 19.5 Å². The lowest BCUT2D eigenvalue weighted by Gasteiger charge is -2.10. The fourth-order valence-electron chi connectivity index (χ4n) is 3.69. The normalized spacial score (nSPS) is 11.1. The third kappa shape index (κ3) is 3.37. The first-order valence-corrected chi connectivity index (χ1v) is 10.1. The SMILES string of the molecule is Cc1ccc(-c2nc3c(C)nc(-c4ccccc4)nc3n2Cc2ccccc2)cc1. The number of aryl methyl sites for hydroxylation is 2. The molecule has 4 nitrogen and oxygen atoms in total. The van der Waals surface area contributed by atoms with Gasteiger partial charge in [0.2, 0.25) is 0 Å². The second-order valence-electron chi connectivity index (χ2n) is 7.54. The predicted octanol–water partition coefficient (Wildman–Crippen LogP) is 5.83. The number of fused-ring (bicyclic) bond motifs is 1. The Hall–Kier alpha value is -3.79. The van der Waals surface area contributed by atoms with E-state index < -0.39 is 0 Å². The van der Waals surface area contributed by atoms with E-state index in [4.69, 9.17) is 15.0 Å². The summed E-state index contributed by atoms with van der Waals surface area (Å²) in [6.07, 6.45) is 0. The van der Waals surface area contributed by atoms with Crippen LogP contribution in [0.1, 0.15) is 16.8 Å². The van der Waals surface area contributed by atoms with Gasteiger partial charge in [-0.1, -0.05) is 90.5 Å². The third-order valence-electron chi connectivity index (χ3n) is 5.29. The highest BCUT2D eigenvalue weighted by atomic mass is 15.1. The molecule has 0 fully saturated rings. The zero-order valence-electron chi connectivity index (χ0n) is 17.1. The number of nitrogens with zero attached hydrogens (tertiary/aromatic N) is 4. The van der Waals surface area contributed by atoms with Crippen molar-refractivity contribution in [2.75, 3.05) is 0 Å². The summed E-state index contributed by atoms with van der Waals surface area (Å²) in [5, 5.41) is 0. The van der Waals surface area contributed by atoms with E-state index in [0.717, 1.165) is 39.6 Å². The lowest BCUT2D eigenvalue weighted by Crippen LogP contribution is -2.04. The number of aromatic nitrogens is 4. The van der Waals surface area contributed by atoms with Gasteiger partial charge in [0.05, 0.1) is 12.2 Å². The van der Waals surface area contributed by atoms with Gasteiger partial charge in [0.1, 0.15) is 11.3 Å². The van der Waals surface area contributed by atoms with Crippen LogP contribution in [0.5, 0.6) is 0 Å². The maximum Gasteiger partial charge on any atom is 0.165 e. The molecule has 0 aliphatic carbocycles. The largest absolute Gasteiger partial charge is 0.304 e. The van der Waals surface area contributed by atoms with Crippen LogP contribution in [0.3, 0.4) is 0 Å². The molecule has 5 rings (SSSR count). The highest BCUT2D eigenvalue weighted by molar-refractivity contribution is 5.81. The highest BCUT2D eigenvalue weighted by Crippen LogP contribution is 2.28. The van der Waals surface area contributed by atoms with Crippen molar-refractivity contribution in [3.63, 3.8) is 0 Å². The van der Waals surface area contributed by atoms with Gasteiger partial charge in [-0.05, 0) is 19.4 Å². The lowest BCUT2D eigenvalue weighted by atomic mass is 10.1. The van der Waals surface area contributed by atoms with E-state index in [-0.39, 0.29) is 0 Å². The molecule has 2 aromatic heterocycles. The molecular formula is C26H22N4. The van der Waals surface area contributed by atoms with Crippen LogP contribution in [-0.2, 0) is 6.54 Å². The molecule has 0 amide bonds. The molecule has 3 aromatic carbocycles. The Morgan fingerprint density at radius 3 is 2.03 bits per heavy atom. The first-order valence-electron chi connectivity index (χ1n) is 10.1. The zero-order chi connectivity index (χ0) is 20.5. The molecule has 0 atom stereocenters. The third-order valence-corrected chi connectivity index (χ3v) is 5.29. The number of hydrogen-bond acceptors (Lipinski definition) is 3. The molecule has 0 aliphatic heterocycles. The number of rotatable bonds is 4. The molecule has 5 aromatic rings. The van der Waals surface area contributed by atoms with Gasteiger partial charge in [-0.15, -0.1) is 0 Å². The molecule has 146 valence electrons. The van der Waals surface area contributed by atoms with Crippen molar-refractivity contribution in [2.24, 2.45) is 0 Å². The Bertz CT molecular complexity index is 1300. The lowest BCUT2D eigenvalue weighted by molar-refractivity contribution is 0.823. The molecule has 2 heterocycles. The fourth-order valence-corrected chi connectivity index (χ4v) is 3.69. The van der Waals surface area contributed by atoms with E-state index in [1.807, 2.05) is 43.3 Å². The van der Waals surface area contributed by atoms with Crippen molar-refractivity contribution < 1.29 is 0 Å². The van der Waals surface area contributed by atoms with Crippen LogP contribution in [-0.4, -0.2) is 19.5 Å². The van der Waals surface area contributed by atoms with E-state index >= 15 is 0 Å². The summed E-state index contributed by atoms with van der Waals surface area (Å²) in [7, 11) is 0. The van der Waals surface area contributed by atoms with Crippen molar-refractivity contribution >= 4 is 11.2 Å². The van der Waals surface area contributed by atoms with Crippen LogP contribution in [0.4, 0.5) is 0 Å². The summed E-state index contributed by atoms with van der Waals surface area (Å²) in [6.45, 7) is 4.80. The predicted molar refractivity (Wildman–Crippen MR) is 121 cm³/mol. The Kier molecular flexibility index (Phi) is 4.60. The maximum absolute atomic E-state index is 4.98. The topological polar surface area (TPSA) is 43.6 Å². The van der Waals surface area contributed by atoms with E-state index in [9.17, 15) is 0 Å². The highest BCUT2D eigenvalue weighted by Gasteiger charge is 2.18. The monoisotopic (exact) mass is 390 g/mol. The van der Waals surface area contributed by atoms with Gasteiger partial charge in [0.25, 0.3) is 0 Å². The molecule has 0 radical (unpaired) electrons. The summed E-state index contributed by atoms with van der Waals surface area (Å²) in [5.74, 6) is 1.64. The Morgan fingerprint density at radius 1 is 0.667 bits per heavy atom. The average Bonchev–Trinajstić information content (AvgIpc) is 3.14. The minimum absolute atomic E-state index is 0.700. The van der Waals surface area contributed by atoms with Crippen molar-refractivity contribution in [2.45, 2.75) is 20.4 Å². The van der Waals surface area contributed by atoms with Crippen molar-refractivity contribution in [3.8, 4) is 22.8 Å². The van der Waals surface area contributed by atoms with Gasteiger partial charge >= 0.3 is 0 Å². The Labute approximate surface area is 175 Å². The zero-order valence-corrected chi connectivity index (χ0v) is 17.1. The molecule has 30 heavy (non-hydrogen) atoms. The summed E-state index contributed by atoms with van der Waals surface area (Å²) in [4.78, 5) is 14.7. The number of imidazole rings is 1. The molecule has 0 saturated heterocycles. The summed E-state index contributed by atoms with van der Waals surface area (Å²) < 4.78 is 2.20. The van der Waals surface area contributed by atoms with Crippen LogP contribution in [0.15, 0.2) is 84.9 Å². The van der Waals surface area contributed by atoms with Crippen molar-refractivity contribution in [3.05, 3.63) is 102 Å². The van der Waals surface area contributed by atoms with Crippen LogP contribution < -0.4 is 0 Å². The number of benzene rings is 3. The van der Waals surface area contributed by atoms with Crippen LogP contribution >= 0.6 is 0 Å². The van der Waals surface area contributed by atoms with E-state index in [2.05, 4.69) is 60.0 Å². The van der Waals surface area contributed by atoms with Gasteiger partial charge < -0.3 is 4.57 Å². The standard InChI is InChI=1S/C26H22N4/c1-18-13-15-22(16-14-18)25-28-23-19(2)27-24(21-11-7-4-8-12-21)29-26(23)30(25)17-20-9-5-3-6-10-20/h3-16H,17H2,1-2H3. The summed E-state index contributed by atoms with van der Waals surface area (Å²) >= 11 is 0. The second-order valence-corrected chi connectivity index (χ2v) is 7.54. The molecule has 4 heteroatoms. The first-order chi connectivity index (χ1) is 14.7. The minimum Gasteiger partial charge on any atom is -0.304 e. The fraction of sp³-hybridized carbons (Fsp3) is 0.115. The number of hydrogen-bond donors (Lipinski definition) is 0. The Morgan fingerprint density at radius 2 is 1.33 bits per heavy atom. The summed E-state index contributed by atoms with van der Waals surface area (Å²) in [6, 6.07) is 29.0. The van der Waals surface area contributed by atoms with Crippen molar-refractivity contribution in [1.29, 1.82) is 0 Å². The molecule has 0 aliphatic rings. The van der Waals surface area contributed by atoms with Crippen LogP contribution in [0, 0.1) is 13.8 Å². The van der Waals surface area contributed by atoms with Gasteiger partial charge in [-0.3, -0.25) is 0 Å². The molecule has 0 unspecified atom stereocenters. The molecular weight excluding hydrogens is 368 g/mol. The molecule has 0 bridgehead atoms. The molecule has 0 spiro atoms. The molecule has 0 saturated carbocycles. The van der Waals surface area contributed by atoms with Gasteiger partial charge in [0.15, 0.2) is 11.5 Å². The van der Waals surface area contributed by atoms with E-state index in [1.165, 1.54) is 11.1 Å². The first kappa shape index (κ1) is 18.3. The van der Waals surface area contributed by atoms with Gasteiger partial charge in [-0.25, -0.2) is 15.0 Å². The Balaban J connectivity index is 1.75. The smallest absolute Gasteiger partial charge is 0.165 e. The molecule has 0 N–H and O–H groups in total. The van der Waals surface area contributed by atoms with Crippen LogP contribution in [0.25, 0.3) is 33.9 Å². The maximum atomic E-state index is 4.98.